The van der Waals surface area contributed by atoms with Gasteiger partial charge in [0.15, 0.2) is 5.78 Å². The quantitative estimate of drug-likeness (QED) is 0.860. The number of rotatable bonds is 5. The summed E-state index contributed by atoms with van der Waals surface area (Å²) in [6.45, 7) is 5.89. The molecule has 0 fully saturated rings. The lowest BCUT2D eigenvalue weighted by Gasteiger charge is -2.19. The lowest BCUT2D eigenvalue weighted by molar-refractivity contribution is -0.117. The Morgan fingerprint density at radius 1 is 1.15 bits per heavy atom. The number of hydrogen-bond acceptors (Lipinski definition) is 4. The van der Waals surface area contributed by atoms with E-state index in [9.17, 15) is 9.59 Å². The van der Waals surface area contributed by atoms with Crippen LogP contribution in [-0.2, 0) is 22.5 Å². The molecule has 0 saturated heterocycles. The van der Waals surface area contributed by atoms with Crippen LogP contribution in [0.3, 0.4) is 0 Å². The SMILES string of the molecule is CC(C)(C)OC(=O)NCc1ccc(CC(=O)CN)cc1. The highest BCUT2D eigenvalue weighted by Crippen LogP contribution is 2.08. The molecule has 0 spiro atoms. The van der Waals surface area contributed by atoms with Gasteiger partial charge >= 0.3 is 6.09 Å². The number of Topliss-reactive ketones (excluding diaryl/α,β-unsaturated/α-hetero) is 1. The number of benzene rings is 1. The van der Waals surface area contributed by atoms with E-state index in [4.69, 9.17) is 10.5 Å². The molecule has 0 aliphatic rings. The van der Waals surface area contributed by atoms with E-state index in [-0.39, 0.29) is 12.3 Å². The normalized spacial score (nSPS) is 11.0. The summed E-state index contributed by atoms with van der Waals surface area (Å²) in [6, 6.07) is 7.46. The Morgan fingerprint density at radius 2 is 1.70 bits per heavy atom. The van der Waals surface area contributed by atoms with Crippen molar-refractivity contribution in [3.63, 3.8) is 0 Å². The summed E-state index contributed by atoms with van der Waals surface area (Å²) in [5.41, 5.74) is 6.63. The highest BCUT2D eigenvalue weighted by Gasteiger charge is 2.15. The van der Waals surface area contributed by atoms with Crippen LogP contribution in [0.25, 0.3) is 0 Å². The van der Waals surface area contributed by atoms with Crippen LogP contribution in [0.4, 0.5) is 4.79 Å². The number of nitrogens with two attached hydrogens (primary N) is 1. The third-order valence-electron chi connectivity index (χ3n) is 2.49. The second-order valence-electron chi connectivity index (χ2n) is 5.59. The molecule has 1 amide bonds. The van der Waals surface area contributed by atoms with Crippen molar-refractivity contribution < 1.29 is 14.3 Å². The van der Waals surface area contributed by atoms with Gasteiger partial charge in [-0.1, -0.05) is 24.3 Å². The van der Waals surface area contributed by atoms with E-state index in [2.05, 4.69) is 5.32 Å². The second kappa shape index (κ2) is 7.05. The fraction of sp³-hybridized carbons (Fsp3) is 0.467. The molecule has 5 heteroatoms. The summed E-state index contributed by atoms with van der Waals surface area (Å²) in [7, 11) is 0. The molecule has 0 unspecified atom stereocenters. The Bertz CT molecular complexity index is 461. The van der Waals surface area contributed by atoms with E-state index >= 15 is 0 Å². The fourth-order valence-corrected chi connectivity index (χ4v) is 1.56. The van der Waals surface area contributed by atoms with Crippen LogP contribution < -0.4 is 11.1 Å². The van der Waals surface area contributed by atoms with Crippen LogP contribution in [0.15, 0.2) is 24.3 Å². The van der Waals surface area contributed by atoms with E-state index in [1.54, 1.807) is 0 Å². The molecular formula is C15H22N2O3. The molecule has 0 saturated carbocycles. The monoisotopic (exact) mass is 278 g/mol. The van der Waals surface area contributed by atoms with Gasteiger partial charge in [-0.05, 0) is 31.9 Å². The van der Waals surface area contributed by atoms with Gasteiger partial charge in [-0.3, -0.25) is 4.79 Å². The molecule has 3 N–H and O–H groups in total. The van der Waals surface area contributed by atoms with Gasteiger partial charge in [-0.15, -0.1) is 0 Å². The fourth-order valence-electron chi connectivity index (χ4n) is 1.56. The van der Waals surface area contributed by atoms with E-state index < -0.39 is 11.7 Å². The van der Waals surface area contributed by atoms with Crippen LogP contribution in [0, 0.1) is 0 Å². The molecule has 0 aliphatic carbocycles. The first-order valence-corrected chi connectivity index (χ1v) is 6.56. The first-order chi connectivity index (χ1) is 9.30. The number of carbonyl (C=O) groups excluding carboxylic acids is 2. The molecule has 110 valence electrons. The maximum atomic E-state index is 11.5. The van der Waals surface area contributed by atoms with E-state index in [1.165, 1.54) is 0 Å². The van der Waals surface area contributed by atoms with Gasteiger partial charge < -0.3 is 15.8 Å². The zero-order valence-corrected chi connectivity index (χ0v) is 12.2. The minimum absolute atomic E-state index is 0.00429. The maximum Gasteiger partial charge on any atom is 0.407 e. The summed E-state index contributed by atoms with van der Waals surface area (Å²) >= 11 is 0. The summed E-state index contributed by atoms with van der Waals surface area (Å²) in [5, 5.41) is 2.68. The maximum absolute atomic E-state index is 11.5. The minimum atomic E-state index is -0.503. The third-order valence-corrected chi connectivity index (χ3v) is 2.49. The van der Waals surface area contributed by atoms with Crippen LogP contribution in [0.5, 0.6) is 0 Å². The summed E-state index contributed by atoms with van der Waals surface area (Å²) < 4.78 is 5.14. The third kappa shape index (κ3) is 6.33. The molecule has 20 heavy (non-hydrogen) atoms. The number of nitrogens with one attached hydrogen (secondary N) is 1. The number of ketones is 1. The van der Waals surface area contributed by atoms with Gasteiger partial charge in [-0.25, -0.2) is 4.79 Å². The molecule has 0 heterocycles. The second-order valence-corrected chi connectivity index (χ2v) is 5.59. The van der Waals surface area contributed by atoms with Crippen molar-refractivity contribution in [3.05, 3.63) is 35.4 Å². The number of amides is 1. The Morgan fingerprint density at radius 3 is 2.20 bits per heavy atom. The molecule has 0 atom stereocenters. The van der Waals surface area contributed by atoms with E-state index in [1.807, 2.05) is 45.0 Å². The van der Waals surface area contributed by atoms with Crippen molar-refractivity contribution in [2.45, 2.75) is 39.3 Å². The summed E-state index contributed by atoms with van der Waals surface area (Å²) in [4.78, 5) is 22.7. The first kappa shape index (κ1) is 16.2. The van der Waals surface area contributed by atoms with Gasteiger partial charge in [0, 0.05) is 13.0 Å². The molecule has 0 aliphatic heterocycles. The van der Waals surface area contributed by atoms with Gasteiger partial charge in [0.25, 0.3) is 0 Å². The van der Waals surface area contributed by atoms with Crippen molar-refractivity contribution in [3.8, 4) is 0 Å². The van der Waals surface area contributed by atoms with Crippen LogP contribution >= 0.6 is 0 Å². The average molecular weight is 278 g/mol. The summed E-state index contributed by atoms with van der Waals surface area (Å²) in [5.74, 6) is 0.00429. The minimum Gasteiger partial charge on any atom is -0.444 e. The van der Waals surface area contributed by atoms with Crippen molar-refractivity contribution in [2.24, 2.45) is 5.73 Å². The number of alkyl carbamates (subject to hydrolysis) is 1. The van der Waals surface area contributed by atoms with Gasteiger partial charge in [0.05, 0.1) is 6.54 Å². The molecule has 1 rings (SSSR count). The Hall–Kier alpha value is -1.88. The molecule has 5 nitrogen and oxygen atoms in total. The predicted molar refractivity (Wildman–Crippen MR) is 77.3 cm³/mol. The lowest BCUT2D eigenvalue weighted by Crippen LogP contribution is -2.32. The van der Waals surface area contributed by atoms with E-state index in [0.29, 0.717) is 13.0 Å². The zero-order valence-electron chi connectivity index (χ0n) is 12.2. The van der Waals surface area contributed by atoms with Crippen LogP contribution in [0.2, 0.25) is 0 Å². The highest BCUT2D eigenvalue weighted by atomic mass is 16.6. The van der Waals surface area contributed by atoms with Gasteiger partial charge in [0.2, 0.25) is 0 Å². The Labute approximate surface area is 119 Å². The Kier molecular flexibility index (Phi) is 5.70. The number of ether oxygens (including phenoxy) is 1. The molecule has 0 radical (unpaired) electrons. The molecular weight excluding hydrogens is 256 g/mol. The zero-order chi connectivity index (χ0) is 15.2. The topological polar surface area (TPSA) is 81.4 Å². The molecule has 1 aromatic rings. The Balaban J connectivity index is 2.46. The molecule has 0 aromatic heterocycles. The van der Waals surface area contributed by atoms with Gasteiger partial charge in [-0.2, -0.15) is 0 Å². The lowest BCUT2D eigenvalue weighted by atomic mass is 10.1. The van der Waals surface area contributed by atoms with Crippen molar-refractivity contribution in [2.75, 3.05) is 6.54 Å². The summed E-state index contributed by atoms with van der Waals surface area (Å²) in [6.07, 6.45) is -0.101. The van der Waals surface area contributed by atoms with Gasteiger partial charge in [0.1, 0.15) is 5.60 Å². The van der Waals surface area contributed by atoms with Crippen LogP contribution in [-0.4, -0.2) is 24.0 Å². The predicted octanol–water partition coefficient (Wildman–Crippen LogP) is 1.78. The van der Waals surface area contributed by atoms with Crippen molar-refractivity contribution >= 4 is 11.9 Å². The van der Waals surface area contributed by atoms with E-state index in [0.717, 1.165) is 11.1 Å². The first-order valence-electron chi connectivity index (χ1n) is 6.56. The smallest absolute Gasteiger partial charge is 0.407 e. The van der Waals surface area contributed by atoms with Crippen molar-refractivity contribution in [1.82, 2.24) is 5.32 Å². The van der Waals surface area contributed by atoms with Crippen LogP contribution in [0.1, 0.15) is 31.9 Å². The highest BCUT2D eigenvalue weighted by molar-refractivity contribution is 5.82. The molecule has 1 aromatic carbocycles. The van der Waals surface area contributed by atoms with Crippen molar-refractivity contribution in [1.29, 1.82) is 0 Å². The number of carbonyl (C=O) groups is 2. The number of hydrogen-bond donors (Lipinski definition) is 2. The largest absolute Gasteiger partial charge is 0.444 e. The standard InChI is InChI=1S/C15H22N2O3/c1-15(2,3)20-14(19)17-10-12-6-4-11(5-7-12)8-13(18)9-16/h4-7H,8-10,16H2,1-3H3,(H,17,19). The molecule has 0 bridgehead atoms. The average Bonchev–Trinajstić information content (AvgIpc) is 2.36.